The number of nitrogens with two attached hydrogens (primary N) is 1. The second-order valence-electron chi connectivity index (χ2n) is 5.46. The van der Waals surface area contributed by atoms with Crippen LogP contribution in [0.5, 0.6) is 0 Å². The molecule has 1 aliphatic rings. The number of carbonyl (C=O) groups excluding carboxylic acids is 1. The molecule has 18 heavy (non-hydrogen) atoms. The monoisotopic (exact) mass is 246 g/mol. The van der Waals surface area contributed by atoms with E-state index in [-0.39, 0.29) is 5.91 Å². The second-order valence-corrected chi connectivity index (χ2v) is 5.46. The Morgan fingerprint density at radius 3 is 2.67 bits per heavy atom. The smallest absolute Gasteiger partial charge is 0.251 e. The number of nitrogen functional groups attached to an aromatic ring is 1. The fraction of sp³-hybridized carbons (Fsp3) is 0.533. The van der Waals surface area contributed by atoms with Gasteiger partial charge in [-0.3, -0.25) is 4.79 Å². The van der Waals surface area contributed by atoms with Gasteiger partial charge in [0.15, 0.2) is 0 Å². The number of amides is 1. The first kappa shape index (κ1) is 12.9. The number of nitrogens with one attached hydrogen (secondary N) is 1. The lowest BCUT2D eigenvalue weighted by molar-refractivity contribution is 0.0849. The molecule has 3 N–H and O–H groups in total. The molecule has 0 atom stereocenters. The first-order valence-electron chi connectivity index (χ1n) is 6.71. The molecule has 0 aliphatic heterocycles. The SMILES string of the molecule is CCC1(CNC(=O)c2ccc(N)cc2C)CCC1. The van der Waals surface area contributed by atoms with E-state index in [1.165, 1.54) is 19.3 Å². The molecule has 1 aliphatic carbocycles. The van der Waals surface area contributed by atoms with Crippen LogP contribution in [0.15, 0.2) is 18.2 Å². The number of aryl methyl sites for hydroxylation is 1. The van der Waals surface area contributed by atoms with Crippen LogP contribution in [0.4, 0.5) is 5.69 Å². The third kappa shape index (κ3) is 2.50. The molecule has 1 fully saturated rings. The number of carbonyl (C=O) groups is 1. The summed E-state index contributed by atoms with van der Waals surface area (Å²) in [5.74, 6) is 0.0206. The summed E-state index contributed by atoms with van der Waals surface area (Å²) >= 11 is 0. The lowest BCUT2D eigenvalue weighted by Crippen LogP contribution is -2.41. The fourth-order valence-electron chi connectivity index (χ4n) is 2.64. The van der Waals surface area contributed by atoms with E-state index < -0.39 is 0 Å². The predicted octanol–water partition coefficient (Wildman–Crippen LogP) is 2.89. The Bertz CT molecular complexity index is 444. The van der Waals surface area contributed by atoms with Crippen molar-refractivity contribution in [2.45, 2.75) is 39.5 Å². The highest BCUT2D eigenvalue weighted by molar-refractivity contribution is 5.96. The molecule has 0 radical (unpaired) electrons. The van der Waals surface area contributed by atoms with Crippen molar-refractivity contribution in [2.75, 3.05) is 12.3 Å². The number of benzene rings is 1. The predicted molar refractivity (Wildman–Crippen MR) is 74.5 cm³/mol. The molecule has 0 heterocycles. The summed E-state index contributed by atoms with van der Waals surface area (Å²) in [5.41, 5.74) is 8.42. The number of hydrogen-bond donors (Lipinski definition) is 2. The van der Waals surface area contributed by atoms with Crippen molar-refractivity contribution >= 4 is 11.6 Å². The van der Waals surface area contributed by atoms with Crippen LogP contribution in [0.2, 0.25) is 0 Å². The summed E-state index contributed by atoms with van der Waals surface area (Å²) in [4.78, 5) is 12.1. The molecular formula is C15H22N2O. The van der Waals surface area contributed by atoms with Crippen LogP contribution in [0, 0.1) is 12.3 Å². The van der Waals surface area contributed by atoms with Gasteiger partial charge in [0.2, 0.25) is 0 Å². The molecule has 1 aromatic carbocycles. The molecule has 2 rings (SSSR count). The number of hydrogen-bond acceptors (Lipinski definition) is 2. The van der Waals surface area contributed by atoms with Gasteiger partial charge >= 0.3 is 0 Å². The van der Waals surface area contributed by atoms with Crippen molar-refractivity contribution in [3.05, 3.63) is 29.3 Å². The lowest BCUT2D eigenvalue weighted by atomic mass is 9.67. The van der Waals surface area contributed by atoms with E-state index in [1.54, 1.807) is 12.1 Å². The largest absolute Gasteiger partial charge is 0.399 e. The highest BCUT2D eigenvalue weighted by Gasteiger charge is 2.35. The topological polar surface area (TPSA) is 55.1 Å². The van der Waals surface area contributed by atoms with E-state index in [4.69, 9.17) is 5.73 Å². The average Bonchev–Trinajstić information content (AvgIpc) is 2.27. The van der Waals surface area contributed by atoms with E-state index in [9.17, 15) is 4.79 Å². The Hall–Kier alpha value is -1.51. The van der Waals surface area contributed by atoms with Gasteiger partial charge in [0.1, 0.15) is 0 Å². The third-order valence-corrected chi connectivity index (χ3v) is 4.28. The molecule has 0 aromatic heterocycles. The van der Waals surface area contributed by atoms with Crippen LogP contribution in [0.25, 0.3) is 0 Å². The molecule has 98 valence electrons. The maximum absolute atomic E-state index is 12.1. The quantitative estimate of drug-likeness (QED) is 0.803. The average molecular weight is 246 g/mol. The highest BCUT2D eigenvalue weighted by atomic mass is 16.1. The van der Waals surface area contributed by atoms with E-state index in [0.29, 0.717) is 11.1 Å². The molecule has 0 bridgehead atoms. The summed E-state index contributed by atoms with van der Waals surface area (Å²) in [6.45, 7) is 4.93. The summed E-state index contributed by atoms with van der Waals surface area (Å²) in [7, 11) is 0. The minimum atomic E-state index is 0.0206. The number of rotatable bonds is 4. The maximum Gasteiger partial charge on any atom is 0.251 e. The minimum Gasteiger partial charge on any atom is -0.399 e. The molecule has 1 aromatic rings. The summed E-state index contributed by atoms with van der Waals surface area (Å²) in [6.07, 6.45) is 4.92. The van der Waals surface area contributed by atoms with Gasteiger partial charge in [0.05, 0.1) is 0 Å². The Morgan fingerprint density at radius 1 is 1.44 bits per heavy atom. The molecule has 0 saturated heterocycles. The highest BCUT2D eigenvalue weighted by Crippen LogP contribution is 2.43. The van der Waals surface area contributed by atoms with Crippen molar-refractivity contribution in [3.8, 4) is 0 Å². The van der Waals surface area contributed by atoms with Gasteiger partial charge in [-0.05, 0) is 55.4 Å². The zero-order valence-corrected chi connectivity index (χ0v) is 11.3. The molecule has 3 heteroatoms. The summed E-state index contributed by atoms with van der Waals surface area (Å²) < 4.78 is 0. The van der Waals surface area contributed by atoms with Gasteiger partial charge < -0.3 is 11.1 Å². The summed E-state index contributed by atoms with van der Waals surface area (Å²) in [5, 5.41) is 3.07. The van der Waals surface area contributed by atoms with E-state index in [1.807, 2.05) is 13.0 Å². The van der Waals surface area contributed by atoms with Crippen molar-refractivity contribution in [3.63, 3.8) is 0 Å². The van der Waals surface area contributed by atoms with Gasteiger partial charge in [-0.15, -0.1) is 0 Å². The van der Waals surface area contributed by atoms with Gasteiger partial charge in [0.25, 0.3) is 5.91 Å². The molecule has 3 nitrogen and oxygen atoms in total. The zero-order valence-electron chi connectivity index (χ0n) is 11.3. The van der Waals surface area contributed by atoms with Crippen LogP contribution >= 0.6 is 0 Å². The minimum absolute atomic E-state index is 0.0206. The van der Waals surface area contributed by atoms with Crippen LogP contribution in [0.1, 0.15) is 48.5 Å². The van der Waals surface area contributed by atoms with Crippen molar-refractivity contribution in [1.29, 1.82) is 0 Å². The zero-order chi connectivity index (χ0) is 13.2. The van der Waals surface area contributed by atoms with Crippen LogP contribution < -0.4 is 11.1 Å². The fourth-order valence-corrected chi connectivity index (χ4v) is 2.64. The Morgan fingerprint density at radius 2 is 2.17 bits per heavy atom. The van der Waals surface area contributed by atoms with Gasteiger partial charge in [0, 0.05) is 17.8 Å². The van der Waals surface area contributed by atoms with Gasteiger partial charge in [-0.25, -0.2) is 0 Å². The molecule has 0 spiro atoms. The molecule has 1 amide bonds. The van der Waals surface area contributed by atoms with E-state index in [0.717, 1.165) is 24.1 Å². The Labute approximate surface area is 109 Å². The van der Waals surface area contributed by atoms with Crippen molar-refractivity contribution in [1.82, 2.24) is 5.32 Å². The molecule has 0 unspecified atom stereocenters. The molecular weight excluding hydrogens is 224 g/mol. The van der Waals surface area contributed by atoms with Gasteiger partial charge in [-0.2, -0.15) is 0 Å². The first-order chi connectivity index (χ1) is 8.56. The summed E-state index contributed by atoms with van der Waals surface area (Å²) in [6, 6.07) is 5.42. The number of anilines is 1. The maximum atomic E-state index is 12.1. The Kier molecular flexibility index (Phi) is 3.60. The normalized spacial score (nSPS) is 17.0. The second kappa shape index (κ2) is 5.01. The standard InChI is InChI=1S/C15H22N2O/c1-3-15(7-4-8-15)10-17-14(18)13-6-5-12(16)9-11(13)2/h5-6,9H,3-4,7-8,10,16H2,1-2H3,(H,17,18). The van der Waals surface area contributed by atoms with Crippen LogP contribution in [0.3, 0.4) is 0 Å². The van der Waals surface area contributed by atoms with Crippen LogP contribution in [-0.4, -0.2) is 12.5 Å². The lowest BCUT2D eigenvalue weighted by Gasteiger charge is -2.41. The molecule has 1 saturated carbocycles. The van der Waals surface area contributed by atoms with Crippen LogP contribution in [-0.2, 0) is 0 Å². The van der Waals surface area contributed by atoms with E-state index >= 15 is 0 Å². The van der Waals surface area contributed by atoms with Crippen molar-refractivity contribution in [2.24, 2.45) is 5.41 Å². The van der Waals surface area contributed by atoms with Crippen molar-refractivity contribution < 1.29 is 4.79 Å². The first-order valence-corrected chi connectivity index (χ1v) is 6.71. The third-order valence-electron chi connectivity index (χ3n) is 4.28. The Balaban J connectivity index is 1.99. The van der Waals surface area contributed by atoms with E-state index in [2.05, 4.69) is 12.2 Å². The van der Waals surface area contributed by atoms with Gasteiger partial charge in [-0.1, -0.05) is 13.3 Å².